The zero-order valence-corrected chi connectivity index (χ0v) is 19.5. The number of carbonyl (C=O) groups excluding carboxylic acids is 2. The highest BCUT2D eigenvalue weighted by Crippen LogP contribution is 2.42. The third-order valence-corrected chi connectivity index (χ3v) is 6.75. The van der Waals surface area contributed by atoms with Crippen LogP contribution < -0.4 is 0 Å². The van der Waals surface area contributed by atoms with Gasteiger partial charge in [0.15, 0.2) is 0 Å². The largest absolute Gasteiger partial charge is 0.507 e. The average molecular weight is 491 g/mol. The summed E-state index contributed by atoms with van der Waals surface area (Å²) >= 11 is 12.5. The van der Waals surface area contributed by atoms with Gasteiger partial charge in [-0.2, -0.15) is 0 Å². The zero-order valence-electron chi connectivity index (χ0n) is 18.0. The van der Waals surface area contributed by atoms with E-state index in [1.807, 2.05) is 30.5 Å². The maximum Gasteiger partial charge on any atom is 0.295 e. The van der Waals surface area contributed by atoms with Crippen LogP contribution in [0.3, 0.4) is 0 Å². The lowest BCUT2D eigenvalue weighted by atomic mass is 9.95. The molecule has 1 fully saturated rings. The second-order valence-corrected chi connectivity index (χ2v) is 8.97. The van der Waals surface area contributed by atoms with Gasteiger partial charge in [-0.15, -0.1) is 0 Å². The fraction of sp³-hybridized carbons (Fsp3) is 0.111. The lowest BCUT2D eigenvalue weighted by molar-refractivity contribution is -0.139. The van der Waals surface area contributed by atoms with Crippen LogP contribution >= 0.6 is 23.2 Å². The number of para-hydroxylation sites is 1. The number of aliphatic hydroxyl groups excluding tert-OH is 1. The zero-order chi connectivity index (χ0) is 23.8. The van der Waals surface area contributed by atoms with Crippen molar-refractivity contribution in [2.75, 3.05) is 6.54 Å². The van der Waals surface area contributed by atoms with Gasteiger partial charge in [0, 0.05) is 39.3 Å². The first-order valence-corrected chi connectivity index (χ1v) is 11.5. The summed E-state index contributed by atoms with van der Waals surface area (Å²) in [5.74, 6) is -1.66. The Balaban J connectivity index is 1.58. The molecule has 34 heavy (non-hydrogen) atoms. The summed E-state index contributed by atoms with van der Waals surface area (Å²) in [6.45, 7) is 0.277. The van der Waals surface area contributed by atoms with Gasteiger partial charge in [-0.05, 0) is 53.9 Å². The standard InChI is InChI=1S/C27H20Cl2N2O3/c28-18-11-9-16(10-12-18)25(32)23-24(20-6-1-3-7-21(20)29)31(27(34)26(23)33)14-13-17-15-30-22-8-4-2-5-19(17)22/h1-12,15,24,30,32H,13-14H2/t24-/m0/s1. The summed E-state index contributed by atoms with van der Waals surface area (Å²) < 4.78 is 0. The van der Waals surface area contributed by atoms with Crippen LogP contribution in [0.2, 0.25) is 10.0 Å². The summed E-state index contributed by atoms with van der Waals surface area (Å²) in [6.07, 6.45) is 2.44. The minimum absolute atomic E-state index is 0.0133. The second-order valence-electron chi connectivity index (χ2n) is 8.13. The fourth-order valence-electron chi connectivity index (χ4n) is 4.47. The van der Waals surface area contributed by atoms with Gasteiger partial charge >= 0.3 is 0 Å². The first-order chi connectivity index (χ1) is 16.5. The van der Waals surface area contributed by atoms with Crippen molar-refractivity contribution in [1.29, 1.82) is 0 Å². The maximum absolute atomic E-state index is 13.2. The average Bonchev–Trinajstić information content (AvgIpc) is 3.37. The minimum Gasteiger partial charge on any atom is -0.507 e. The van der Waals surface area contributed by atoms with Crippen LogP contribution in [-0.4, -0.2) is 33.2 Å². The molecule has 1 aliphatic rings. The molecule has 170 valence electrons. The smallest absolute Gasteiger partial charge is 0.295 e. The van der Waals surface area contributed by atoms with Crippen LogP contribution in [-0.2, 0) is 16.0 Å². The molecule has 0 unspecified atom stereocenters. The van der Waals surface area contributed by atoms with E-state index in [0.717, 1.165) is 16.5 Å². The molecule has 2 heterocycles. The summed E-state index contributed by atoms with van der Waals surface area (Å²) in [5.41, 5.74) is 3.03. The van der Waals surface area contributed by atoms with Crippen molar-refractivity contribution in [3.8, 4) is 0 Å². The quantitative estimate of drug-likeness (QED) is 0.200. The molecule has 5 nitrogen and oxygen atoms in total. The van der Waals surface area contributed by atoms with Gasteiger partial charge in [0.05, 0.1) is 11.6 Å². The Labute approximate surface area is 206 Å². The number of ketones is 1. The number of aromatic nitrogens is 1. The lowest BCUT2D eigenvalue weighted by Crippen LogP contribution is -2.31. The number of hydrogen-bond donors (Lipinski definition) is 2. The van der Waals surface area contributed by atoms with Crippen molar-refractivity contribution in [3.63, 3.8) is 0 Å². The molecule has 1 amide bonds. The molecule has 7 heteroatoms. The molecular weight excluding hydrogens is 471 g/mol. The molecule has 1 aliphatic heterocycles. The molecule has 2 N–H and O–H groups in total. The summed E-state index contributed by atoms with van der Waals surface area (Å²) in [6, 6.07) is 20.6. The molecule has 0 saturated carbocycles. The summed E-state index contributed by atoms with van der Waals surface area (Å²) in [7, 11) is 0. The molecule has 0 radical (unpaired) electrons. The van der Waals surface area contributed by atoms with Crippen LogP contribution in [0.25, 0.3) is 16.7 Å². The van der Waals surface area contributed by atoms with E-state index in [4.69, 9.17) is 23.2 Å². The lowest BCUT2D eigenvalue weighted by Gasteiger charge is -2.26. The van der Waals surface area contributed by atoms with E-state index in [1.165, 1.54) is 4.90 Å². The number of halogens is 2. The first kappa shape index (κ1) is 22.3. The van der Waals surface area contributed by atoms with Crippen molar-refractivity contribution in [2.24, 2.45) is 0 Å². The van der Waals surface area contributed by atoms with Crippen molar-refractivity contribution < 1.29 is 14.7 Å². The number of fused-ring (bicyclic) bond motifs is 1. The number of H-pyrrole nitrogens is 1. The number of aliphatic hydroxyl groups is 1. The number of likely N-dealkylation sites (tertiary alicyclic amines) is 1. The third kappa shape index (κ3) is 3.87. The highest BCUT2D eigenvalue weighted by Gasteiger charge is 2.46. The molecule has 5 rings (SSSR count). The molecule has 3 aromatic carbocycles. The summed E-state index contributed by atoms with van der Waals surface area (Å²) in [4.78, 5) is 31.1. The van der Waals surface area contributed by atoms with Crippen molar-refractivity contribution in [3.05, 3.63) is 111 Å². The Morgan fingerprint density at radius 1 is 0.941 bits per heavy atom. The van der Waals surface area contributed by atoms with Crippen LogP contribution in [0.15, 0.2) is 84.6 Å². The Hall–Kier alpha value is -3.54. The third-order valence-electron chi connectivity index (χ3n) is 6.15. The molecule has 4 aromatic rings. The Bertz CT molecular complexity index is 1440. The Morgan fingerprint density at radius 2 is 1.65 bits per heavy atom. The predicted molar refractivity (Wildman–Crippen MR) is 134 cm³/mol. The topological polar surface area (TPSA) is 73.4 Å². The van der Waals surface area contributed by atoms with Gasteiger partial charge < -0.3 is 15.0 Å². The van der Waals surface area contributed by atoms with E-state index in [2.05, 4.69) is 4.98 Å². The fourth-order valence-corrected chi connectivity index (χ4v) is 4.84. The molecule has 1 aromatic heterocycles. The maximum atomic E-state index is 13.2. The van der Waals surface area contributed by atoms with Gasteiger partial charge in [0.25, 0.3) is 11.7 Å². The minimum atomic E-state index is -0.811. The number of amides is 1. The number of rotatable bonds is 5. The van der Waals surface area contributed by atoms with Crippen molar-refractivity contribution in [2.45, 2.75) is 12.5 Å². The van der Waals surface area contributed by atoms with E-state index in [0.29, 0.717) is 27.6 Å². The van der Waals surface area contributed by atoms with E-state index in [-0.39, 0.29) is 17.9 Å². The number of nitrogens with zero attached hydrogens (tertiary/aromatic N) is 1. The Kier molecular flexibility index (Phi) is 5.90. The second kappa shape index (κ2) is 9.01. The Morgan fingerprint density at radius 3 is 2.41 bits per heavy atom. The van der Waals surface area contributed by atoms with Crippen molar-refractivity contribution >= 4 is 51.6 Å². The highest BCUT2D eigenvalue weighted by atomic mass is 35.5. The number of carbonyl (C=O) groups is 2. The van der Waals surface area contributed by atoms with Gasteiger partial charge in [0.2, 0.25) is 0 Å². The van der Waals surface area contributed by atoms with Gasteiger partial charge in [-0.25, -0.2) is 0 Å². The predicted octanol–water partition coefficient (Wildman–Crippen LogP) is 6.14. The van der Waals surface area contributed by atoms with Gasteiger partial charge in [-0.1, -0.05) is 59.6 Å². The normalized spacial score (nSPS) is 17.6. The van der Waals surface area contributed by atoms with Crippen molar-refractivity contribution in [1.82, 2.24) is 9.88 Å². The van der Waals surface area contributed by atoms with Crippen LogP contribution in [0, 0.1) is 0 Å². The molecule has 1 saturated heterocycles. The number of Topliss-reactive ketones (excluding diaryl/α,β-unsaturated/α-hetero) is 1. The van der Waals surface area contributed by atoms with E-state index in [9.17, 15) is 14.7 Å². The van der Waals surface area contributed by atoms with E-state index in [1.54, 1.807) is 48.5 Å². The molecule has 0 bridgehead atoms. The molecule has 0 aliphatic carbocycles. The highest BCUT2D eigenvalue weighted by molar-refractivity contribution is 6.47. The van der Waals surface area contributed by atoms with Gasteiger partial charge in [0.1, 0.15) is 5.76 Å². The number of aromatic amines is 1. The molecule has 1 atom stereocenters. The number of nitrogens with one attached hydrogen (secondary N) is 1. The van der Waals surface area contributed by atoms with E-state index >= 15 is 0 Å². The van der Waals surface area contributed by atoms with Gasteiger partial charge in [-0.3, -0.25) is 9.59 Å². The molecular formula is C27H20Cl2N2O3. The van der Waals surface area contributed by atoms with Crippen LogP contribution in [0.1, 0.15) is 22.7 Å². The number of benzene rings is 3. The summed E-state index contributed by atoms with van der Waals surface area (Å²) in [5, 5.41) is 13.1. The first-order valence-electron chi connectivity index (χ1n) is 10.8. The van der Waals surface area contributed by atoms with Crippen LogP contribution in [0.4, 0.5) is 0 Å². The molecule has 0 spiro atoms. The monoisotopic (exact) mass is 490 g/mol. The SMILES string of the molecule is O=C1C(=O)N(CCc2c[nH]c3ccccc23)[C@@H](c2ccccc2Cl)C1=C(O)c1ccc(Cl)cc1. The van der Waals surface area contributed by atoms with Crippen LogP contribution in [0.5, 0.6) is 0 Å². The number of hydrogen-bond acceptors (Lipinski definition) is 3. The van der Waals surface area contributed by atoms with E-state index < -0.39 is 17.7 Å².